The Balaban J connectivity index is 2.09. The van der Waals surface area contributed by atoms with E-state index >= 15 is 0 Å². The van der Waals surface area contributed by atoms with Crippen molar-refractivity contribution >= 4 is 5.78 Å². The van der Waals surface area contributed by atoms with Crippen molar-refractivity contribution in [1.82, 2.24) is 0 Å². The second kappa shape index (κ2) is 7.02. The first-order valence-electron chi connectivity index (χ1n) is 7.17. The molecule has 0 radical (unpaired) electrons. The zero-order valence-corrected chi connectivity index (χ0v) is 12.4. The van der Waals surface area contributed by atoms with E-state index in [-0.39, 0.29) is 11.5 Å². The van der Waals surface area contributed by atoms with E-state index < -0.39 is 5.82 Å². The van der Waals surface area contributed by atoms with Gasteiger partial charge < -0.3 is 4.74 Å². The van der Waals surface area contributed by atoms with Gasteiger partial charge in [-0.2, -0.15) is 0 Å². The van der Waals surface area contributed by atoms with Crippen molar-refractivity contribution in [2.24, 2.45) is 0 Å². The zero-order chi connectivity index (χ0) is 15.2. The van der Waals surface area contributed by atoms with Gasteiger partial charge in [-0.25, -0.2) is 4.39 Å². The molecule has 0 aromatic heterocycles. The number of ether oxygens (including phenoxy) is 1. The molecule has 0 unspecified atom stereocenters. The van der Waals surface area contributed by atoms with Gasteiger partial charge in [-0.05, 0) is 55.7 Å². The third kappa shape index (κ3) is 4.15. The minimum absolute atomic E-state index is 0.126. The van der Waals surface area contributed by atoms with Crippen LogP contribution in [0.25, 0.3) is 0 Å². The van der Waals surface area contributed by atoms with E-state index in [1.54, 1.807) is 6.07 Å². The Morgan fingerprint density at radius 3 is 2.43 bits per heavy atom. The number of Topliss-reactive ketones (excluding diaryl/α,β-unsaturated/α-hetero) is 1. The summed E-state index contributed by atoms with van der Waals surface area (Å²) in [5, 5.41) is 0. The molecule has 0 N–H and O–H groups in total. The number of hydrogen-bond acceptors (Lipinski definition) is 2. The van der Waals surface area contributed by atoms with Crippen LogP contribution < -0.4 is 4.74 Å². The third-order valence-corrected chi connectivity index (χ3v) is 3.31. The van der Waals surface area contributed by atoms with E-state index in [0.29, 0.717) is 11.3 Å². The van der Waals surface area contributed by atoms with E-state index in [1.807, 2.05) is 24.3 Å². The first-order chi connectivity index (χ1) is 10.1. The molecule has 0 saturated heterocycles. The largest absolute Gasteiger partial charge is 0.454 e. The fraction of sp³-hybridized carbons (Fsp3) is 0.278. The molecule has 110 valence electrons. The Bertz CT molecular complexity index is 618. The van der Waals surface area contributed by atoms with Gasteiger partial charge in [0.15, 0.2) is 17.3 Å². The van der Waals surface area contributed by atoms with E-state index in [9.17, 15) is 9.18 Å². The van der Waals surface area contributed by atoms with Gasteiger partial charge in [-0.1, -0.05) is 25.5 Å². The molecule has 0 amide bonds. The van der Waals surface area contributed by atoms with Crippen molar-refractivity contribution in [1.29, 1.82) is 0 Å². The fourth-order valence-corrected chi connectivity index (χ4v) is 2.03. The molecule has 0 aliphatic heterocycles. The summed E-state index contributed by atoms with van der Waals surface area (Å²) >= 11 is 0. The summed E-state index contributed by atoms with van der Waals surface area (Å²) in [5.41, 5.74) is 1.59. The molecule has 2 nitrogen and oxygen atoms in total. The normalized spacial score (nSPS) is 10.4. The van der Waals surface area contributed by atoms with Gasteiger partial charge >= 0.3 is 0 Å². The van der Waals surface area contributed by atoms with E-state index in [0.717, 1.165) is 19.3 Å². The molecular formula is C18H19FO2. The van der Waals surface area contributed by atoms with Gasteiger partial charge in [-0.3, -0.25) is 4.79 Å². The average molecular weight is 286 g/mol. The molecule has 2 aromatic carbocycles. The highest BCUT2D eigenvalue weighted by Gasteiger charge is 2.08. The minimum atomic E-state index is -0.530. The van der Waals surface area contributed by atoms with Crippen LogP contribution in [0, 0.1) is 5.82 Å². The molecule has 0 aliphatic carbocycles. The zero-order valence-electron chi connectivity index (χ0n) is 12.4. The molecule has 3 heteroatoms. The van der Waals surface area contributed by atoms with Crippen molar-refractivity contribution in [3.63, 3.8) is 0 Å². The molecule has 2 aromatic rings. The number of unbranched alkanes of at least 4 members (excludes halogenated alkanes) is 1. The summed E-state index contributed by atoms with van der Waals surface area (Å²) in [6.45, 7) is 3.56. The molecule has 2 rings (SSSR count). The first-order valence-corrected chi connectivity index (χ1v) is 7.17. The lowest BCUT2D eigenvalue weighted by atomic mass is 10.1. The second-order valence-corrected chi connectivity index (χ2v) is 5.05. The Morgan fingerprint density at radius 2 is 1.86 bits per heavy atom. The maximum Gasteiger partial charge on any atom is 0.166 e. The average Bonchev–Trinajstić information content (AvgIpc) is 2.48. The molecule has 0 saturated carbocycles. The van der Waals surface area contributed by atoms with E-state index in [1.165, 1.54) is 24.6 Å². The standard InChI is InChI=1S/C18H19FO2/c1-3-4-5-14-6-9-16(10-7-14)21-18-11-8-15(13(2)20)12-17(18)19/h6-12H,3-5H2,1-2H3. The van der Waals surface area contributed by atoms with Crippen LogP contribution in [-0.4, -0.2) is 5.78 Å². The van der Waals surface area contributed by atoms with Gasteiger partial charge in [-0.15, -0.1) is 0 Å². The Labute approximate surface area is 124 Å². The van der Waals surface area contributed by atoms with Crippen molar-refractivity contribution in [2.75, 3.05) is 0 Å². The molecule has 0 fully saturated rings. The highest BCUT2D eigenvalue weighted by molar-refractivity contribution is 5.94. The van der Waals surface area contributed by atoms with Crippen LogP contribution in [-0.2, 0) is 6.42 Å². The molecule has 0 spiro atoms. The van der Waals surface area contributed by atoms with Crippen LogP contribution in [0.15, 0.2) is 42.5 Å². The lowest BCUT2D eigenvalue weighted by Crippen LogP contribution is -1.95. The fourth-order valence-electron chi connectivity index (χ4n) is 2.03. The van der Waals surface area contributed by atoms with Gasteiger partial charge in [0.1, 0.15) is 5.75 Å². The summed E-state index contributed by atoms with van der Waals surface area (Å²) in [4.78, 5) is 11.2. The first kappa shape index (κ1) is 15.2. The minimum Gasteiger partial charge on any atom is -0.454 e. The Morgan fingerprint density at radius 1 is 1.14 bits per heavy atom. The number of ketones is 1. The molecule has 0 bridgehead atoms. The van der Waals surface area contributed by atoms with Crippen molar-refractivity contribution < 1.29 is 13.9 Å². The molecule has 0 heterocycles. The van der Waals surface area contributed by atoms with Gasteiger partial charge in [0.2, 0.25) is 0 Å². The number of rotatable bonds is 6. The Kier molecular flexibility index (Phi) is 5.09. The topological polar surface area (TPSA) is 26.3 Å². The maximum atomic E-state index is 13.9. The third-order valence-electron chi connectivity index (χ3n) is 3.31. The number of halogens is 1. The van der Waals surface area contributed by atoms with Crippen LogP contribution in [0.1, 0.15) is 42.6 Å². The summed E-state index contributed by atoms with van der Waals surface area (Å²) in [5.74, 6) is 0.0181. The van der Waals surface area contributed by atoms with Crippen LogP contribution in [0.4, 0.5) is 4.39 Å². The summed E-state index contributed by atoms with van der Waals surface area (Å²) in [6.07, 6.45) is 3.35. The van der Waals surface area contributed by atoms with Gasteiger partial charge in [0, 0.05) is 5.56 Å². The quantitative estimate of drug-likeness (QED) is 0.685. The summed E-state index contributed by atoms with van der Waals surface area (Å²) in [7, 11) is 0. The maximum absolute atomic E-state index is 13.9. The monoisotopic (exact) mass is 286 g/mol. The molecule has 0 atom stereocenters. The lowest BCUT2D eigenvalue weighted by molar-refractivity contribution is 0.101. The summed E-state index contributed by atoms with van der Waals surface area (Å²) in [6, 6.07) is 11.9. The van der Waals surface area contributed by atoms with Crippen LogP contribution in [0.5, 0.6) is 11.5 Å². The number of hydrogen-bond donors (Lipinski definition) is 0. The number of benzene rings is 2. The molecule has 21 heavy (non-hydrogen) atoms. The van der Waals surface area contributed by atoms with Crippen molar-refractivity contribution in [2.45, 2.75) is 33.1 Å². The highest BCUT2D eigenvalue weighted by atomic mass is 19.1. The predicted octanol–water partition coefficient (Wildman–Crippen LogP) is 5.16. The van der Waals surface area contributed by atoms with Crippen LogP contribution in [0.2, 0.25) is 0 Å². The number of aryl methyl sites for hydroxylation is 1. The van der Waals surface area contributed by atoms with E-state index in [2.05, 4.69) is 6.92 Å². The number of carbonyl (C=O) groups excluding carboxylic acids is 1. The second-order valence-electron chi connectivity index (χ2n) is 5.05. The predicted molar refractivity (Wildman–Crippen MR) is 81.5 cm³/mol. The molecular weight excluding hydrogens is 267 g/mol. The van der Waals surface area contributed by atoms with Gasteiger partial charge in [0.05, 0.1) is 0 Å². The van der Waals surface area contributed by atoms with Gasteiger partial charge in [0.25, 0.3) is 0 Å². The summed E-state index contributed by atoms with van der Waals surface area (Å²) < 4.78 is 19.4. The van der Waals surface area contributed by atoms with Crippen molar-refractivity contribution in [3.8, 4) is 11.5 Å². The van der Waals surface area contributed by atoms with Crippen LogP contribution >= 0.6 is 0 Å². The number of carbonyl (C=O) groups is 1. The molecule has 0 aliphatic rings. The smallest absolute Gasteiger partial charge is 0.166 e. The SMILES string of the molecule is CCCCc1ccc(Oc2ccc(C(C)=O)cc2F)cc1. The van der Waals surface area contributed by atoms with Crippen LogP contribution in [0.3, 0.4) is 0 Å². The van der Waals surface area contributed by atoms with Crippen molar-refractivity contribution in [3.05, 3.63) is 59.4 Å². The Hall–Kier alpha value is -2.16. The van der Waals surface area contributed by atoms with E-state index in [4.69, 9.17) is 4.74 Å². The highest BCUT2D eigenvalue weighted by Crippen LogP contribution is 2.25. The lowest BCUT2D eigenvalue weighted by Gasteiger charge is -2.08.